The Labute approximate surface area is 109 Å². The normalized spacial score (nSPS) is 16.8. The van der Waals surface area contributed by atoms with E-state index in [1.165, 1.54) is 17.4 Å². The van der Waals surface area contributed by atoms with Gasteiger partial charge in [0.05, 0.1) is 4.88 Å². The summed E-state index contributed by atoms with van der Waals surface area (Å²) in [7, 11) is 0. The van der Waals surface area contributed by atoms with Crippen molar-refractivity contribution in [2.24, 2.45) is 0 Å². The van der Waals surface area contributed by atoms with E-state index in [9.17, 15) is 9.59 Å². The van der Waals surface area contributed by atoms with Crippen LogP contribution in [0.2, 0.25) is 0 Å². The van der Waals surface area contributed by atoms with E-state index in [2.05, 4.69) is 5.32 Å². The first-order chi connectivity index (χ1) is 8.39. The number of aryl methyl sites for hydroxylation is 1. The van der Waals surface area contributed by atoms with Gasteiger partial charge in [0, 0.05) is 16.5 Å². The Morgan fingerprint density at radius 2 is 2.17 bits per heavy atom. The zero-order valence-electron chi connectivity index (χ0n) is 10.3. The number of carbonyl (C=O) groups is 2. The molecule has 4 nitrogen and oxygen atoms in total. The molecule has 1 fully saturated rings. The lowest BCUT2D eigenvalue weighted by Gasteiger charge is -2.09. The van der Waals surface area contributed by atoms with Crippen LogP contribution in [0, 0.1) is 6.92 Å². The van der Waals surface area contributed by atoms with Crippen molar-refractivity contribution >= 4 is 29.3 Å². The SMILES string of the molecule is Cc1cc(C(=O)NC2(C)CC2)sc1/C=C/C(=O)O. The monoisotopic (exact) mass is 265 g/mol. The van der Waals surface area contributed by atoms with Gasteiger partial charge >= 0.3 is 5.97 Å². The highest BCUT2D eigenvalue weighted by Crippen LogP contribution is 2.35. The van der Waals surface area contributed by atoms with Gasteiger partial charge in [-0.05, 0) is 44.4 Å². The molecular weight excluding hydrogens is 250 g/mol. The summed E-state index contributed by atoms with van der Waals surface area (Å²) in [6.45, 7) is 3.89. The summed E-state index contributed by atoms with van der Waals surface area (Å²) in [6.07, 6.45) is 4.66. The lowest BCUT2D eigenvalue weighted by molar-refractivity contribution is -0.131. The van der Waals surface area contributed by atoms with Crippen molar-refractivity contribution in [2.75, 3.05) is 0 Å². The third-order valence-corrected chi connectivity index (χ3v) is 4.17. The van der Waals surface area contributed by atoms with Crippen LogP contribution in [0.4, 0.5) is 0 Å². The van der Waals surface area contributed by atoms with E-state index in [-0.39, 0.29) is 11.4 Å². The first-order valence-corrected chi connectivity index (χ1v) is 6.55. The predicted octanol–water partition coefficient (Wildman–Crippen LogP) is 2.44. The molecule has 1 saturated carbocycles. The summed E-state index contributed by atoms with van der Waals surface area (Å²) in [5.74, 6) is -1.06. The summed E-state index contributed by atoms with van der Waals surface area (Å²) in [5.41, 5.74) is 0.884. The highest BCUT2D eigenvalue weighted by molar-refractivity contribution is 7.15. The van der Waals surface area contributed by atoms with Crippen molar-refractivity contribution in [3.63, 3.8) is 0 Å². The lowest BCUT2D eigenvalue weighted by Crippen LogP contribution is -2.33. The maximum Gasteiger partial charge on any atom is 0.328 e. The maximum atomic E-state index is 12.0. The fourth-order valence-corrected chi connectivity index (χ4v) is 2.54. The predicted molar refractivity (Wildman–Crippen MR) is 70.8 cm³/mol. The zero-order chi connectivity index (χ0) is 13.3. The standard InChI is InChI=1S/C13H15NO3S/c1-8-7-10(12(17)14-13(2)5-6-13)18-9(8)3-4-11(15)16/h3-4,7H,5-6H2,1-2H3,(H,14,17)(H,15,16)/b4-3+. The highest BCUT2D eigenvalue weighted by atomic mass is 32.1. The lowest BCUT2D eigenvalue weighted by atomic mass is 10.2. The largest absolute Gasteiger partial charge is 0.478 e. The van der Waals surface area contributed by atoms with Crippen LogP contribution in [0.1, 0.15) is 39.9 Å². The molecule has 0 radical (unpaired) electrons. The van der Waals surface area contributed by atoms with Gasteiger partial charge < -0.3 is 10.4 Å². The Morgan fingerprint density at radius 3 is 2.72 bits per heavy atom. The van der Waals surface area contributed by atoms with Gasteiger partial charge in [0.25, 0.3) is 5.91 Å². The van der Waals surface area contributed by atoms with E-state index < -0.39 is 5.97 Å². The molecule has 1 heterocycles. The number of amides is 1. The molecule has 0 aliphatic heterocycles. The van der Waals surface area contributed by atoms with Crippen LogP contribution in [-0.4, -0.2) is 22.5 Å². The number of carbonyl (C=O) groups excluding carboxylic acids is 1. The van der Waals surface area contributed by atoms with Crippen molar-refractivity contribution in [1.82, 2.24) is 5.32 Å². The number of hydrogen-bond acceptors (Lipinski definition) is 3. The molecule has 2 N–H and O–H groups in total. The summed E-state index contributed by atoms with van der Waals surface area (Å²) in [6, 6.07) is 1.80. The molecule has 18 heavy (non-hydrogen) atoms. The van der Waals surface area contributed by atoms with Gasteiger partial charge in [0.15, 0.2) is 0 Å². The van der Waals surface area contributed by atoms with E-state index in [4.69, 9.17) is 5.11 Å². The fourth-order valence-electron chi connectivity index (χ4n) is 1.57. The number of rotatable bonds is 4. The molecule has 0 unspecified atom stereocenters. The number of nitrogens with one attached hydrogen (secondary N) is 1. The number of hydrogen-bond donors (Lipinski definition) is 2. The molecule has 0 bridgehead atoms. The Bertz CT molecular complexity index is 526. The van der Waals surface area contributed by atoms with E-state index >= 15 is 0 Å². The molecule has 1 aromatic rings. The van der Waals surface area contributed by atoms with Gasteiger partial charge in [-0.2, -0.15) is 0 Å². The molecule has 5 heteroatoms. The molecule has 1 aromatic heterocycles. The van der Waals surface area contributed by atoms with Gasteiger partial charge in [0.2, 0.25) is 0 Å². The summed E-state index contributed by atoms with van der Waals surface area (Å²) < 4.78 is 0. The van der Waals surface area contributed by atoms with Crippen LogP contribution in [0.5, 0.6) is 0 Å². The zero-order valence-corrected chi connectivity index (χ0v) is 11.1. The van der Waals surface area contributed by atoms with Gasteiger partial charge in [-0.25, -0.2) is 4.79 Å². The second kappa shape index (κ2) is 4.57. The molecule has 96 valence electrons. The van der Waals surface area contributed by atoms with Crippen LogP contribution in [0.15, 0.2) is 12.1 Å². The van der Waals surface area contributed by atoms with Gasteiger partial charge in [-0.15, -0.1) is 11.3 Å². The van der Waals surface area contributed by atoms with E-state index in [0.717, 1.165) is 29.4 Å². The van der Waals surface area contributed by atoms with Crippen molar-refractivity contribution in [3.8, 4) is 0 Å². The molecule has 2 rings (SSSR count). The summed E-state index contributed by atoms with van der Waals surface area (Å²) >= 11 is 1.32. The molecule has 0 aromatic carbocycles. The van der Waals surface area contributed by atoms with Gasteiger partial charge in [-0.1, -0.05) is 0 Å². The second-order valence-electron chi connectivity index (χ2n) is 4.84. The average Bonchev–Trinajstić information content (AvgIpc) is 2.87. The highest BCUT2D eigenvalue weighted by Gasteiger charge is 2.39. The second-order valence-corrected chi connectivity index (χ2v) is 5.93. The van der Waals surface area contributed by atoms with Crippen LogP contribution in [-0.2, 0) is 4.79 Å². The van der Waals surface area contributed by atoms with Crippen LogP contribution in [0.3, 0.4) is 0 Å². The van der Waals surface area contributed by atoms with Crippen LogP contribution >= 0.6 is 11.3 Å². The molecule has 1 aliphatic rings. The fraction of sp³-hybridized carbons (Fsp3) is 0.385. The number of carboxylic acids is 1. The molecule has 0 spiro atoms. The number of aliphatic carboxylic acids is 1. The van der Waals surface area contributed by atoms with E-state index in [0.29, 0.717) is 4.88 Å². The minimum atomic E-state index is -0.987. The average molecular weight is 265 g/mol. The number of thiophene rings is 1. The van der Waals surface area contributed by atoms with Crippen molar-refractivity contribution in [3.05, 3.63) is 27.5 Å². The van der Waals surface area contributed by atoms with Gasteiger partial charge in [-0.3, -0.25) is 4.79 Å². The Morgan fingerprint density at radius 1 is 1.50 bits per heavy atom. The third-order valence-electron chi connectivity index (χ3n) is 2.97. The molecule has 1 amide bonds. The molecule has 1 aliphatic carbocycles. The van der Waals surface area contributed by atoms with Crippen LogP contribution < -0.4 is 5.32 Å². The van der Waals surface area contributed by atoms with E-state index in [1.807, 2.05) is 13.8 Å². The Balaban J connectivity index is 2.12. The topological polar surface area (TPSA) is 66.4 Å². The minimum Gasteiger partial charge on any atom is -0.478 e. The summed E-state index contributed by atoms with van der Waals surface area (Å²) in [4.78, 5) is 23.9. The van der Waals surface area contributed by atoms with Crippen molar-refractivity contribution in [2.45, 2.75) is 32.2 Å². The quantitative estimate of drug-likeness (QED) is 0.822. The first-order valence-electron chi connectivity index (χ1n) is 5.74. The molecular formula is C13H15NO3S. The first kappa shape index (κ1) is 12.8. The smallest absolute Gasteiger partial charge is 0.328 e. The maximum absolute atomic E-state index is 12.0. The Kier molecular flexibility index (Phi) is 3.26. The van der Waals surface area contributed by atoms with Crippen molar-refractivity contribution < 1.29 is 14.7 Å². The molecule has 0 atom stereocenters. The van der Waals surface area contributed by atoms with Crippen LogP contribution in [0.25, 0.3) is 6.08 Å². The van der Waals surface area contributed by atoms with Gasteiger partial charge in [0.1, 0.15) is 0 Å². The summed E-state index contributed by atoms with van der Waals surface area (Å²) in [5, 5.41) is 11.6. The van der Waals surface area contributed by atoms with E-state index in [1.54, 1.807) is 6.07 Å². The number of carboxylic acid groups (broad SMARTS) is 1. The minimum absolute atomic E-state index is 0.0357. The molecule has 0 saturated heterocycles. The Hall–Kier alpha value is -1.62. The van der Waals surface area contributed by atoms with Crippen molar-refractivity contribution in [1.29, 1.82) is 0 Å². The third kappa shape index (κ3) is 2.98.